The Balaban J connectivity index is 1.92. The van der Waals surface area contributed by atoms with Crippen molar-refractivity contribution in [3.63, 3.8) is 0 Å². The van der Waals surface area contributed by atoms with Crippen LogP contribution in [0.5, 0.6) is 5.75 Å². The van der Waals surface area contributed by atoms with E-state index in [2.05, 4.69) is 11.4 Å². The summed E-state index contributed by atoms with van der Waals surface area (Å²) in [6, 6.07) is 19.0. The van der Waals surface area contributed by atoms with Crippen molar-refractivity contribution in [3.05, 3.63) is 87.9 Å². The van der Waals surface area contributed by atoms with Crippen LogP contribution in [0, 0.1) is 20.8 Å². The molecule has 4 aromatic rings. The number of rotatable bonds is 4. The Morgan fingerprint density at radius 3 is 2.42 bits per heavy atom. The molecule has 4 nitrogen and oxygen atoms in total. The van der Waals surface area contributed by atoms with Crippen LogP contribution in [0.1, 0.15) is 27.0 Å². The maximum Gasteiger partial charge on any atom is 0.256 e. The molecule has 156 valence electrons. The number of carbonyl (C=O) groups is 1. The molecule has 0 radical (unpaired) electrons. The minimum atomic E-state index is -0.188. The Morgan fingerprint density at radius 2 is 1.74 bits per heavy atom. The van der Waals surface area contributed by atoms with Crippen LogP contribution in [0.15, 0.2) is 60.7 Å². The Kier molecular flexibility index (Phi) is 5.66. The average Bonchev–Trinajstić information content (AvgIpc) is 2.73. The van der Waals surface area contributed by atoms with Gasteiger partial charge in [-0.15, -0.1) is 0 Å². The molecule has 3 aromatic carbocycles. The lowest BCUT2D eigenvalue weighted by Gasteiger charge is -2.17. The van der Waals surface area contributed by atoms with Crippen LogP contribution < -0.4 is 10.1 Å². The topological polar surface area (TPSA) is 51.2 Å². The summed E-state index contributed by atoms with van der Waals surface area (Å²) < 4.78 is 5.28. The van der Waals surface area contributed by atoms with Gasteiger partial charge in [0.2, 0.25) is 0 Å². The number of nitrogens with zero attached hydrogens (tertiary/aromatic N) is 1. The van der Waals surface area contributed by atoms with E-state index in [0.29, 0.717) is 16.3 Å². The maximum atomic E-state index is 13.5. The summed E-state index contributed by atoms with van der Waals surface area (Å²) in [6.07, 6.45) is 0. The van der Waals surface area contributed by atoms with Gasteiger partial charge in [-0.2, -0.15) is 0 Å². The number of hydrogen-bond donors (Lipinski definition) is 1. The van der Waals surface area contributed by atoms with E-state index in [9.17, 15) is 4.79 Å². The van der Waals surface area contributed by atoms with Crippen molar-refractivity contribution >= 4 is 34.1 Å². The molecule has 0 unspecified atom stereocenters. The monoisotopic (exact) mass is 430 g/mol. The fourth-order valence-electron chi connectivity index (χ4n) is 3.90. The summed E-state index contributed by atoms with van der Waals surface area (Å²) in [5, 5.41) is 4.41. The standard InChI is InChI=1S/C26H23ClN2O2/c1-15-12-16(2)24-22(13-15)23(26(30)28-20-7-5-6-19(27)14-20)17(3)25(29-24)18-8-10-21(31-4)11-9-18/h5-14H,1-4H3,(H,28,30). The summed E-state index contributed by atoms with van der Waals surface area (Å²) in [7, 11) is 1.64. The lowest BCUT2D eigenvalue weighted by Crippen LogP contribution is -2.15. The zero-order chi connectivity index (χ0) is 22.1. The Hall–Kier alpha value is -3.37. The molecule has 1 amide bonds. The number of aryl methyl sites for hydroxylation is 2. The zero-order valence-electron chi connectivity index (χ0n) is 17.9. The van der Waals surface area contributed by atoms with Crippen molar-refractivity contribution in [1.29, 1.82) is 0 Å². The maximum absolute atomic E-state index is 13.5. The normalized spacial score (nSPS) is 10.9. The molecule has 1 N–H and O–H groups in total. The number of ether oxygens (including phenoxy) is 1. The van der Waals surface area contributed by atoms with Crippen LogP contribution >= 0.6 is 11.6 Å². The summed E-state index contributed by atoms with van der Waals surface area (Å²) in [4.78, 5) is 18.4. The number of fused-ring (bicyclic) bond motifs is 1. The van der Waals surface area contributed by atoms with Gasteiger partial charge in [0.15, 0.2) is 0 Å². The van der Waals surface area contributed by atoms with Crippen LogP contribution in [-0.4, -0.2) is 18.0 Å². The predicted octanol–water partition coefficient (Wildman–Crippen LogP) is 6.74. The minimum absolute atomic E-state index is 0.188. The lowest BCUT2D eigenvalue weighted by molar-refractivity contribution is 0.102. The molecular weight excluding hydrogens is 408 g/mol. The quantitative estimate of drug-likeness (QED) is 0.390. The molecule has 0 saturated heterocycles. The molecule has 0 saturated carbocycles. The van der Waals surface area contributed by atoms with Crippen LogP contribution in [0.3, 0.4) is 0 Å². The first-order valence-electron chi connectivity index (χ1n) is 10.0. The molecule has 1 aromatic heterocycles. The van der Waals surface area contributed by atoms with Gasteiger partial charge < -0.3 is 10.1 Å². The number of nitrogens with one attached hydrogen (secondary N) is 1. The Labute approximate surface area is 186 Å². The largest absolute Gasteiger partial charge is 0.497 e. The van der Waals surface area contributed by atoms with Gasteiger partial charge in [-0.3, -0.25) is 4.79 Å². The van der Waals surface area contributed by atoms with Gasteiger partial charge in [0.1, 0.15) is 5.75 Å². The highest BCUT2D eigenvalue weighted by Gasteiger charge is 2.20. The van der Waals surface area contributed by atoms with Crippen LogP contribution in [0.25, 0.3) is 22.2 Å². The number of anilines is 1. The third kappa shape index (κ3) is 4.12. The number of halogens is 1. The van der Waals surface area contributed by atoms with Crippen molar-refractivity contribution in [2.45, 2.75) is 20.8 Å². The Morgan fingerprint density at radius 1 is 1.00 bits per heavy atom. The van der Waals surface area contributed by atoms with E-state index in [1.54, 1.807) is 19.2 Å². The van der Waals surface area contributed by atoms with Gasteiger partial charge >= 0.3 is 0 Å². The molecule has 0 atom stereocenters. The van der Waals surface area contributed by atoms with Crippen LogP contribution in [0.2, 0.25) is 5.02 Å². The van der Waals surface area contributed by atoms with E-state index in [4.69, 9.17) is 21.3 Å². The molecule has 0 spiro atoms. The van der Waals surface area contributed by atoms with Crippen LogP contribution in [-0.2, 0) is 0 Å². The highest BCUT2D eigenvalue weighted by atomic mass is 35.5. The number of amides is 1. The Bertz CT molecular complexity index is 1300. The van der Waals surface area contributed by atoms with Gasteiger partial charge in [0.25, 0.3) is 5.91 Å². The first-order valence-corrected chi connectivity index (χ1v) is 10.4. The fraction of sp³-hybridized carbons (Fsp3) is 0.154. The highest BCUT2D eigenvalue weighted by Crippen LogP contribution is 2.33. The summed E-state index contributed by atoms with van der Waals surface area (Å²) in [6.45, 7) is 5.99. The van der Waals surface area contributed by atoms with E-state index in [1.807, 2.05) is 63.2 Å². The van der Waals surface area contributed by atoms with Gasteiger partial charge in [0, 0.05) is 21.7 Å². The van der Waals surface area contributed by atoms with E-state index < -0.39 is 0 Å². The van der Waals surface area contributed by atoms with Gasteiger partial charge in [-0.1, -0.05) is 29.3 Å². The SMILES string of the molecule is COc1ccc(-c2nc3c(C)cc(C)cc3c(C(=O)Nc3cccc(Cl)c3)c2C)cc1. The minimum Gasteiger partial charge on any atom is -0.497 e. The number of carbonyl (C=O) groups excluding carboxylic acids is 1. The number of hydrogen-bond acceptors (Lipinski definition) is 3. The molecule has 31 heavy (non-hydrogen) atoms. The second-order valence-corrected chi connectivity index (χ2v) is 8.07. The lowest BCUT2D eigenvalue weighted by atomic mass is 9.94. The van der Waals surface area contributed by atoms with Gasteiger partial charge in [-0.05, 0) is 80.4 Å². The second kappa shape index (κ2) is 8.40. The fourth-order valence-corrected chi connectivity index (χ4v) is 4.09. The van der Waals surface area contributed by atoms with E-state index in [1.165, 1.54) is 0 Å². The van der Waals surface area contributed by atoms with E-state index in [-0.39, 0.29) is 5.91 Å². The van der Waals surface area contributed by atoms with Crippen molar-refractivity contribution < 1.29 is 9.53 Å². The summed E-state index contributed by atoms with van der Waals surface area (Å²) in [5.41, 5.74) is 6.72. The highest BCUT2D eigenvalue weighted by molar-refractivity contribution is 6.31. The first-order chi connectivity index (χ1) is 14.9. The van der Waals surface area contributed by atoms with Gasteiger partial charge in [-0.25, -0.2) is 4.98 Å². The molecule has 0 fully saturated rings. The average molecular weight is 431 g/mol. The number of pyridine rings is 1. The van der Waals surface area contributed by atoms with Crippen LogP contribution in [0.4, 0.5) is 5.69 Å². The predicted molar refractivity (Wildman–Crippen MR) is 127 cm³/mol. The molecule has 4 rings (SSSR count). The molecule has 1 heterocycles. The number of aromatic nitrogens is 1. The first kappa shape index (κ1) is 20.9. The molecule has 0 aliphatic heterocycles. The molecule has 0 aliphatic rings. The smallest absolute Gasteiger partial charge is 0.256 e. The summed E-state index contributed by atoms with van der Waals surface area (Å²) in [5.74, 6) is 0.583. The van der Waals surface area contributed by atoms with E-state index >= 15 is 0 Å². The van der Waals surface area contributed by atoms with Crippen molar-refractivity contribution in [1.82, 2.24) is 4.98 Å². The van der Waals surface area contributed by atoms with Crippen molar-refractivity contribution in [3.8, 4) is 17.0 Å². The van der Waals surface area contributed by atoms with Gasteiger partial charge in [0.05, 0.1) is 23.9 Å². The van der Waals surface area contributed by atoms with E-state index in [0.717, 1.165) is 44.6 Å². The second-order valence-electron chi connectivity index (χ2n) is 7.63. The molecule has 0 bridgehead atoms. The van der Waals surface area contributed by atoms with Crippen molar-refractivity contribution in [2.75, 3.05) is 12.4 Å². The zero-order valence-corrected chi connectivity index (χ0v) is 18.7. The number of methoxy groups -OCH3 is 1. The summed E-state index contributed by atoms with van der Waals surface area (Å²) >= 11 is 6.10. The molecular formula is C26H23ClN2O2. The molecule has 5 heteroatoms. The van der Waals surface area contributed by atoms with Crippen molar-refractivity contribution in [2.24, 2.45) is 0 Å². The number of benzene rings is 3. The third-order valence-electron chi connectivity index (χ3n) is 5.34. The molecule has 0 aliphatic carbocycles. The third-order valence-corrected chi connectivity index (χ3v) is 5.58.